The number of hydrogen-bond acceptors (Lipinski definition) is 6. The van der Waals surface area contributed by atoms with Gasteiger partial charge in [-0.2, -0.15) is 0 Å². The lowest BCUT2D eigenvalue weighted by atomic mass is 10.1. The number of aromatic nitrogens is 3. The molecule has 1 aromatic carbocycles. The van der Waals surface area contributed by atoms with E-state index < -0.39 is 0 Å². The van der Waals surface area contributed by atoms with Gasteiger partial charge in [0.25, 0.3) is 5.91 Å². The summed E-state index contributed by atoms with van der Waals surface area (Å²) in [7, 11) is 0. The van der Waals surface area contributed by atoms with Gasteiger partial charge in [0, 0.05) is 39.3 Å². The van der Waals surface area contributed by atoms with Crippen LogP contribution >= 0.6 is 0 Å². The molecule has 4 aromatic rings. The minimum absolute atomic E-state index is 0.129. The number of oxazole rings is 1. The number of carbonyl (C=O) groups is 1. The highest BCUT2D eigenvalue weighted by Gasteiger charge is 2.15. The van der Waals surface area contributed by atoms with Crippen molar-refractivity contribution in [1.29, 1.82) is 0 Å². The Morgan fingerprint density at radius 1 is 1.17 bits per heavy atom. The summed E-state index contributed by atoms with van der Waals surface area (Å²) >= 11 is 0. The van der Waals surface area contributed by atoms with Crippen LogP contribution in [0.15, 0.2) is 47.1 Å². The second-order valence-corrected chi connectivity index (χ2v) is 7.41. The molecule has 1 aliphatic heterocycles. The molecular formula is C22H23N5O3. The Morgan fingerprint density at radius 2 is 2.00 bits per heavy atom. The van der Waals surface area contributed by atoms with Crippen LogP contribution in [0.1, 0.15) is 16.4 Å². The number of ether oxygens (including phenoxy) is 1. The molecule has 4 heterocycles. The number of rotatable bonds is 5. The van der Waals surface area contributed by atoms with Crippen molar-refractivity contribution >= 4 is 22.7 Å². The topological polar surface area (TPSA) is 84.9 Å². The first kappa shape index (κ1) is 18.8. The van der Waals surface area contributed by atoms with Crippen LogP contribution in [-0.2, 0) is 4.74 Å². The van der Waals surface area contributed by atoms with E-state index in [1.54, 1.807) is 6.20 Å². The highest BCUT2D eigenvalue weighted by molar-refractivity contribution is 5.93. The highest BCUT2D eigenvalue weighted by Crippen LogP contribution is 2.25. The summed E-state index contributed by atoms with van der Waals surface area (Å²) in [4.78, 5) is 23.8. The van der Waals surface area contributed by atoms with E-state index in [4.69, 9.17) is 9.15 Å². The number of nitrogens with one attached hydrogen (secondary N) is 1. The van der Waals surface area contributed by atoms with Crippen molar-refractivity contribution in [2.45, 2.75) is 6.92 Å². The molecule has 1 amide bonds. The van der Waals surface area contributed by atoms with Crippen molar-refractivity contribution in [1.82, 2.24) is 24.6 Å². The van der Waals surface area contributed by atoms with Gasteiger partial charge in [0.1, 0.15) is 16.9 Å². The first-order chi connectivity index (χ1) is 14.7. The number of amides is 1. The molecule has 0 bridgehead atoms. The van der Waals surface area contributed by atoms with Crippen molar-refractivity contribution in [3.8, 4) is 11.1 Å². The van der Waals surface area contributed by atoms with Crippen molar-refractivity contribution < 1.29 is 13.9 Å². The van der Waals surface area contributed by atoms with Gasteiger partial charge in [-0.15, -0.1) is 0 Å². The number of carbonyl (C=O) groups excluding carboxylic acids is 1. The smallest absolute Gasteiger partial charge is 0.269 e. The van der Waals surface area contributed by atoms with Gasteiger partial charge in [0.05, 0.1) is 19.4 Å². The molecule has 5 rings (SSSR count). The van der Waals surface area contributed by atoms with Gasteiger partial charge in [0.2, 0.25) is 0 Å². The summed E-state index contributed by atoms with van der Waals surface area (Å²) in [5.41, 5.74) is 4.82. The van der Waals surface area contributed by atoms with Gasteiger partial charge < -0.3 is 14.5 Å². The number of nitrogens with zero attached hydrogens (tertiary/aromatic N) is 4. The molecule has 0 atom stereocenters. The van der Waals surface area contributed by atoms with Crippen LogP contribution < -0.4 is 5.32 Å². The summed E-state index contributed by atoms with van der Waals surface area (Å²) in [5.74, 6) is 0.513. The number of aryl methyl sites for hydroxylation is 1. The number of pyridine rings is 1. The van der Waals surface area contributed by atoms with E-state index in [2.05, 4.69) is 20.2 Å². The molecule has 1 fully saturated rings. The molecule has 8 heteroatoms. The average Bonchev–Trinajstić information content (AvgIpc) is 3.35. The van der Waals surface area contributed by atoms with Crippen molar-refractivity contribution in [3.05, 3.63) is 54.3 Å². The summed E-state index contributed by atoms with van der Waals surface area (Å²) in [6.07, 6.45) is 3.56. The molecular weight excluding hydrogens is 382 g/mol. The lowest BCUT2D eigenvalue weighted by Gasteiger charge is -2.26. The van der Waals surface area contributed by atoms with Gasteiger partial charge in [0.15, 0.2) is 11.5 Å². The molecule has 30 heavy (non-hydrogen) atoms. The van der Waals surface area contributed by atoms with Crippen LogP contribution in [0, 0.1) is 6.92 Å². The van der Waals surface area contributed by atoms with E-state index in [0.717, 1.165) is 60.7 Å². The van der Waals surface area contributed by atoms with E-state index in [0.29, 0.717) is 18.1 Å². The third kappa shape index (κ3) is 3.67. The normalized spacial score (nSPS) is 15.1. The minimum Gasteiger partial charge on any atom is -0.441 e. The molecule has 0 aliphatic carbocycles. The Kier molecular flexibility index (Phi) is 4.94. The average molecular weight is 405 g/mol. The molecule has 0 unspecified atom stereocenters. The fourth-order valence-electron chi connectivity index (χ4n) is 3.78. The van der Waals surface area contributed by atoms with Gasteiger partial charge >= 0.3 is 0 Å². The third-order valence-electron chi connectivity index (χ3n) is 5.38. The largest absolute Gasteiger partial charge is 0.441 e. The lowest BCUT2D eigenvalue weighted by Crippen LogP contribution is -2.41. The van der Waals surface area contributed by atoms with E-state index >= 15 is 0 Å². The number of imidazole rings is 1. The van der Waals surface area contributed by atoms with Crippen molar-refractivity contribution in [2.75, 3.05) is 39.4 Å². The maximum atomic E-state index is 12.7. The molecule has 8 nitrogen and oxygen atoms in total. The quantitative estimate of drug-likeness (QED) is 0.549. The van der Waals surface area contributed by atoms with Gasteiger partial charge in [-0.3, -0.25) is 14.1 Å². The summed E-state index contributed by atoms with van der Waals surface area (Å²) in [6, 6.07) is 9.82. The van der Waals surface area contributed by atoms with Crippen LogP contribution in [0.2, 0.25) is 0 Å². The maximum absolute atomic E-state index is 12.7. The Labute approximate surface area is 173 Å². The van der Waals surface area contributed by atoms with Gasteiger partial charge in [-0.1, -0.05) is 6.07 Å². The minimum atomic E-state index is -0.129. The van der Waals surface area contributed by atoms with Gasteiger partial charge in [-0.25, -0.2) is 9.97 Å². The fourth-order valence-corrected chi connectivity index (χ4v) is 3.78. The Bertz CT molecular complexity index is 1210. The van der Waals surface area contributed by atoms with Crippen LogP contribution in [0.3, 0.4) is 0 Å². The molecule has 0 saturated carbocycles. The second-order valence-electron chi connectivity index (χ2n) is 7.41. The van der Waals surface area contributed by atoms with E-state index in [1.165, 1.54) is 0 Å². The maximum Gasteiger partial charge on any atom is 0.269 e. The fraction of sp³-hybridized carbons (Fsp3) is 0.318. The van der Waals surface area contributed by atoms with Crippen molar-refractivity contribution in [3.63, 3.8) is 0 Å². The summed E-state index contributed by atoms with van der Waals surface area (Å²) in [5, 5.41) is 3.01. The zero-order chi connectivity index (χ0) is 20.5. The summed E-state index contributed by atoms with van der Waals surface area (Å²) in [6.45, 7) is 6.56. The molecule has 1 aliphatic rings. The highest BCUT2D eigenvalue weighted by atomic mass is 16.5. The summed E-state index contributed by atoms with van der Waals surface area (Å²) < 4.78 is 12.7. The third-order valence-corrected chi connectivity index (χ3v) is 5.38. The SMILES string of the molecule is Cc1nc2cc(-c3ccc4ncc(C(=O)NCCN5CCOCC5)n4c3)ccc2o1. The molecule has 1 saturated heterocycles. The molecule has 3 aromatic heterocycles. The Balaban J connectivity index is 1.36. The molecule has 1 N–H and O–H groups in total. The van der Waals surface area contributed by atoms with Crippen LogP contribution in [0.4, 0.5) is 0 Å². The number of hydrogen-bond donors (Lipinski definition) is 1. The first-order valence-corrected chi connectivity index (χ1v) is 10.1. The Morgan fingerprint density at radius 3 is 2.87 bits per heavy atom. The predicted molar refractivity (Wildman–Crippen MR) is 113 cm³/mol. The van der Waals surface area contributed by atoms with Crippen molar-refractivity contribution in [2.24, 2.45) is 0 Å². The molecule has 0 radical (unpaired) electrons. The van der Waals surface area contributed by atoms with Crippen LogP contribution in [-0.4, -0.2) is 64.6 Å². The molecule has 154 valence electrons. The second kappa shape index (κ2) is 7.89. The predicted octanol–water partition coefficient (Wildman–Crippen LogP) is 2.51. The lowest BCUT2D eigenvalue weighted by molar-refractivity contribution is 0.0383. The van der Waals surface area contributed by atoms with E-state index in [-0.39, 0.29) is 5.91 Å². The monoisotopic (exact) mass is 405 g/mol. The zero-order valence-corrected chi connectivity index (χ0v) is 16.8. The zero-order valence-electron chi connectivity index (χ0n) is 16.8. The number of benzene rings is 1. The van der Waals surface area contributed by atoms with Crippen LogP contribution in [0.25, 0.3) is 27.9 Å². The van der Waals surface area contributed by atoms with Gasteiger partial charge in [-0.05, 0) is 35.4 Å². The van der Waals surface area contributed by atoms with E-state index in [1.807, 2.05) is 47.9 Å². The molecule has 0 spiro atoms. The van der Waals surface area contributed by atoms with Crippen LogP contribution in [0.5, 0.6) is 0 Å². The number of morpholine rings is 1. The van der Waals surface area contributed by atoms with E-state index in [9.17, 15) is 4.79 Å². The standard InChI is InChI=1S/C22H23N5O3/c1-15-25-18-12-16(2-4-20(18)30-15)17-3-5-21-24-13-19(27(21)14-17)22(28)23-6-7-26-8-10-29-11-9-26/h2-5,12-14H,6-11H2,1H3,(H,23,28). The Hall–Kier alpha value is -3.23. The number of fused-ring (bicyclic) bond motifs is 2. The first-order valence-electron chi connectivity index (χ1n) is 10.1.